The van der Waals surface area contributed by atoms with E-state index in [4.69, 9.17) is 9.47 Å². The van der Waals surface area contributed by atoms with Gasteiger partial charge in [0, 0.05) is 6.07 Å². The molecule has 1 fully saturated rings. The Morgan fingerprint density at radius 1 is 1.25 bits per heavy atom. The molecule has 1 aliphatic heterocycles. The second-order valence-electron chi connectivity index (χ2n) is 5.43. The molecule has 3 rings (SSSR count). The van der Waals surface area contributed by atoms with Crippen molar-refractivity contribution in [3.8, 4) is 5.75 Å². The molecular weight excluding hydrogens is 329 g/mol. The summed E-state index contributed by atoms with van der Waals surface area (Å²) in [5.74, 6) is 0.458. The molecular formula is C16H20FO2Rb. The number of halogens is 1. The van der Waals surface area contributed by atoms with Crippen LogP contribution in [0.2, 0.25) is 0 Å². The van der Waals surface area contributed by atoms with E-state index in [1.165, 1.54) is 12.1 Å². The zero-order valence-electron chi connectivity index (χ0n) is 12.1. The number of ether oxygens (including phenoxy) is 2. The van der Waals surface area contributed by atoms with Crippen molar-refractivity contribution in [2.24, 2.45) is 0 Å². The van der Waals surface area contributed by atoms with E-state index in [0.29, 0.717) is 18.5 Å². The van der Waals surface area contributed by atoms with Crippen LogP contribution in [0.15, 0.2) is 18.2 Å². The van der Waals surface area contributed by atoms with Crippen LogP contribution in [-0.2, 0) is 11.2 Å². The van der Waals surface area contributed by atoms with Gasteiger partial charge in [-0.15, -0.1) is 0 Å². The van der Waals surface area contributed by atoms with Crippen molar-refractivity contribution in [3.05, 3.63) is 36.0 Å². The van der Waals surface area contributed by atoms with Crippen molar-refractivity contribution in [1.82, 2.24) is 0 Å². The molecule has 1 atom stereocenters. The van der Waals surface area contributed by atoms with Crippen LogP contribution in [0.1, 0.15) is 37.7 Å². The molecule has 0 bridgehead atoms. The second kappa shape index (κ2) is 8.37. The fraction of sp³-hybridized carbons (Fsp3) is 0.562. The maximum atomic E-state index is 13.2. The summed E-state index contributed by atoms with van der Waals surface area (Å²) in [6.45, 7) is 0.626. The summed E-state index contributed by atoms with van der Waals surface area (Å²) in [4.78, 5) is 0. The van der Waals surface area contributed by atoms with Gasteiger partial charge in [-0.05, 0) is 24.5 Å². The Balaban J connectivity index is 0.00000147. The van der Waals surface area contributed by atoms with Crippen LogP contribution >= 0.6 is 0 Å². The molecule has 1 heterocycles. The van der Waals surface area contributed by atoms with Gasteiger partial charge < -0.3 is 15.9 Å². The number of hydrogen-bond acceptors (Lipinski definition) is 2. The largest absolute Gasteiger partial charge is 1.00 e. The monoisotopic (exact) mass is 348 g/mol. The molecule has 0 aromatic heterocycles. The van der Waals surface area contributed by atoms with Gasteiger partial charge in [-0.3, -0.25) is 0 Å². The minimum absolute atomic E-state index is 0. The van der Waals surface area contributed by atoms with Crippen LogP contribution in [0.3, 0.4) is 0 Å². The number of benzene rings is 1. The van der Waals surface area contributed by atoms with E-state index in [0.717, 1.165) is 44.1 Å². The van der Waals surface area contributed by atoms with E-state index in [1.807, 2.05) is 6.07 Å². The smallest absolute Gasteiger partial charge is 0.488 e. The zero-order valence-corrected chi connectivity index (χ0v) is 17.0. The van der Waals surface area contributed by atoms with Crippen LogP contribution in [0, 0.1) is 12.2 Å². The molecule has 0 saturated heterocycles. The van der Waals surface area contributed by atoms with E-state index in [-0.39, 0.29) is 70.1 Å². The van der Waals surface area contributed by atoms with E-state index in [2.05, 4.69) is 6.42 Å². The molecule has 2 aliphatic rings. The van der Waals surface area contributed by atoms with Crippen molar-refractivity contribution in [1.29, 1.82) is 0 Å². The first-order valence-corrected chi connectivity index (χ1v) is 7.19. The van der Waals surface area contributed by atoms with Gasteiger partial charge in [0.05, 0.1) is 12.7 Å². The van der Waals surface area contributed by atoms with Gasteiger partial charge in [0.2, 0.25) is 0 Å². The molecule has 0 amide bonds. The Morgan fingerprint density at radius 3 is 2.85 bits per heavy atom. The topological polar surface area (TPSA) is 18.5 Å². The van der Waals surface area contributed by atoms with Gasteiger partial charge in [-0.1, -0.05) is 18.9 Å². The number of hydrogen-bond donors (Lipinski definition) is 0. The molecule has 2 nitrogen and oxygen atoms in total. The first-order chi connectivity index (χ1) is 9.31. The Kier molecular flexibility index (Phi) is 7.15. The second-order valence-corrected chi connectivity index (χ2v) is 5.43. The molecule has 0 spiro atoms. The van der Waals surface area contributed by atoms with Crippen molar-refractivity contribution in [2.45, 2.75) is 50.7 Å². The summed E-state index contributed by atoms with van der Waals surface area (Å²) in [5, 5.41) is 0. The van der Waals surface area contributed by atoms with Crippen LogP contribution in [0.5, 0.6) is 5.75 Å². The first kappa shape index (κ1) is 17.1. The summed E-state index contributed by atoms with van der Waals surface area (Å²) in [7, 11) is 0. The molecule has 1 aliphatic carbocycles. The van der Waals surface area contributed by atoms with Gasteiger partial charge in [0.15, 0.2) is 0 Å². The Labute approximate surface area is 169 Å². The van der Waals surface area contributed by atoms with E-state index < -0.39 is 0 Å². The van der Waals surface area contributed by atoms with Gasteiger partial charge in [0.25, 0.3) is 0 Å². The molecule has 1 aromatic carbocycles. The van der Waals surface area contributed by atoms with Crippen molar-refractivity contribution in [2.75, 3.05) is 6.61 Å². The van der Waals surface area contributed by atoms with Crippen LogP contribution in [-0.4, -0.2) is 18.8 Å². The molecule has 1 saturated carbocycles. The van der Waals surface area contributed by atoms with Gasteiger partial charge >= 0.3 is 58.2 Å². The summed E-state index contributed by atoms with van der Waals surface area (Å²) >= 11 is 0. The van der Waals surface area contributed by atoms with Crippen molar-refractivity contribution < 1.29 is 72.1 Å². The molecule has 0 radical (unpaired) electrons. The fourth-order valence-electron chi connectivity index (χ4n) is 2.82. The van der Waals surface area contributed by atoms with Crippen LogP contribution in [0.25, 0.3) is 0 Å². The number of rotatable bonds is 3. The number of fused-ring (bicyclic) bond motifs is 1. The fourth-order valence-corrected chi connectivity index (χ4v) is 2.82. The van der Waals surface area contributed by atoms with E-state index >= 15 is 0 Å². The minimum Gasteiger partial charge on any atom is -0.488 e. The Morgan fingerprint density at radius 2 is 2.05 bits per heavy atom. The van der Waals surface area contributed by atoms with Gasteiger partial charge in [0.1, 0.15) is 17.7 Å². The van der Waals surface area contributed by atoms with E-state index in [1.54, 1.807) is 0 Å². The summed E-state index contributed by atoms with van der Waals surface area (Å²) in [6, 6.07) is 4.80. The average molecular weight is 349 g/mol. The normalized spacial score (nSPS) is 22.6. The zero-order chi connectivity index (χ0) is 13.1. The van der Waals surface area contributed by atoms with Crippen LogP contribution < -0.4 is 62.9 Å². The minimum atomic E-state index is -0.233. The maximum Gasteiger partial charge on any atom is 1.00 e. The Bertz CT molecular complexity index is 432. The summed E-state index contributed by atoms with van der Waals surface area (Å²) < 4.78 is 24.9. The molecule has 0 N–H and O–H groups in total. The predicted octanol–water partition coefficient (Wildman–Crippen LogP) is 0.687. The van der Waals surface area contributed by atoms with Crippen molar-refractivity contribution >= 4 is 0 Å². The molecule has 4 heteroatoms. The summed E-state index contributed by atoms with van der Waals surface area (Å²) in [6.07, 6.45) is 9.24. The third-order valence-electron chi connectivity index (χ3n) is 3.96. The summed E-state index contributed by atoms with van der Waals surface area (Å²) in [5.41, 5.74) is 1.10. The quantitative estimate of drug-likeness (QED) is 0.748. The Hall–Kier alpha value is 0.715. The molecule has 104 valence electrons. The first-order valence-electron chi connectivity index (χ1n) is 7.19. The van der Waals surface area contributed by atoms with Gasteiger partial charge in [-0.25, -0.2) is 4.39 Å². The molecule has 1 aromatic rings. The molecule has 20 heavy (non-hydrogen) atoms. The third kappa shape index (κ3) is 4.60. The maximum absolute atomic E-state index is 13.2. The van der Waals surface area contributed by atoms with Crippen molar-refractivity contribution in [3.63, 3.8) is 0 Å². The molecule has 1 unspecified atom stereocenters. The van der Waals surface area contributed by atoms with Crippen LogP contribution in [0.4, 0.5) is 4.39 Å². The standard InChI is InChI=1S/C16H20FO2.Rb/c17-13-8-6-12-7-9-15(19-16(12)10-13)11-18-14-4-2-1-3-5-14;/h1,6,8,10,14-15H,2-5,7,9,11H2;/q-1;+1. The average Bonchev–Trinajstić information content (AvgIpc) is 2.46. The SMILES string of the molecule is Fc1ccc2c(c1)OC(COC1CC[CH-]CC1)CC2.[Rb+]. The third-order valence-corrected chi connectivity index (χ3v) is 3.96. The number of aryl methyl sites for hydroxylation is 1. The predicted molar refractivity (Wildman–Crippen MR) is 71.6 cm³/mol. The van der Waals surface area contributed by atoms with E-state index in [9.17, 15) is 4.39 Å². The van der Waals surface area contributed by atoms with Gasteiger partial charge in [-0.2, -0.15) is 12.8 Å².